The molecule has 0 saturated carbocycles. The first kappa shape index (κ1) is 11.4. The molecule has 2 rings (SSSR count). The summed E-state index contributed by atoms with van der Waals surface area (Å²) in [5, 5.41) is 1.72. The molecule has 0 nitrogen and oxygen atoms in total. The van der Waals surface area contributed by atoms with Crippen molar-refractivity contribution in [1.82, 2.24) is 0 Å². The fourth-order valence-corrected chi connectivity index (χ4v) is 8.68. The van der Waals surface area contributed by atoms with E-state index in [4.69, 9.17) is 11.8 Å². The molecule has 0 aliphatic carbocycles. The Morgan fingerprint density at radius 3 is 2.00 bits per heavy atom. The van der Waals surface area contributed by atoms with Gasteiger partial charge in [-0.2, -0.15) is 0 Å². The molecule has 82 valence electrons. The van der Waals surface area contributed by atoms with Crippen LogP contribution in [0.15, 0.2) is 30.3 Å². The van der Waals surface area contributed by atoms with Crippen molar-refractivity contribution in [3.63, 3.8) is 0 Å². The van der Waals surface area contributed by atoms with Gasteiger partial charge in [0, 0.05) is 5.16 Å². The van der Waals surface area contributed by atoms with Crippen molar-refractivity contribution in [3.05, 3.63) is 30.3 Å². The van der Waals surface area contributed by atoms with Gasteiger partial charge < -0.3 is 0 Å². The highest BCUT2D eigenvalue weighted by Gasteiger charge is 2.58. The molecule has 1 aliphatic rings. The zero-order chi connectivity index (χ0) is 11.3. The molecule has 1 aromatic rings. The van der Waals surface area contributed by atoms with Crippen molar-refractivity contribution >= 4 is 23.1 Å². The molecule has 1 aromatic carbocycles. The summed E-state index contributed by atoms with van der Waals surface area (Å²) in [7, 11) is 0. The Morgan fingerprint density at radius 2 is 1.60 bits per heavy atom. The Morgan fingerprint density at radius 1 is 1.07 bits per heavy atom. The van der Waals surface area contributed by atoms with Crippen LogP contribution in [-0.2, 0) is 11.8 Å². The van der Waals surface area contributed by atoms with Crippen LogP contribution in [0, 0.1) is 5.41 Å². The lowest BCUT2D eigenvalue weighted by molar-refractivity contribution is 0.279. The van der Waals surface area contributed by atoms with Gasteiger partial charge in [0.05, 0.1) is 0 Å². The van der Waals surface area contributed by atoms with Crippen LogP contribution in [-0.4, -0.2) is 11.3 Å². The van der Waals surface area contributed by atoms with Crippen LogP contribution in [0.3, 0.4) is 0 Å². The normalized spacial score (nSPS) is 32.0. The highest BCUT2D eigenvalue weighted by molar-refractivity contribution is 8.19. The van der Waals surface area contributed by atoms with Crippen LogP contribution in [0.2, 0.25) is 0 Å². The van der Waals surface area contributed by atoms with E-state index in [-0.39, 0.29) is 0 Å². The molecule has 0 spiro atoms. The van der Waals surface area contributed by atoms with E-state index in [1.807, 2.05) is 0 Å². The molecule has 2 heteroatoms. The van der Waals surface area contributed by atoms with Crippen molar-refractivity contribution in [2.45, 2.75) is 32.9 Å². The van der Waals surface area contributed by atoms with E-state index in [1.54, 1.807) is 0 Å². The summed E-state index contributed by atoms with van der Waals surface area (Å²) in [4.78, 5) is 0. The van der Waals surface area contributed by atoms with Gasteiger partial charge in [-0.25, -0.2) is 0 Å². The Kier molecular flexibility index (Phi) is 2.41. The summed E-state index contributed by atoms with van der Waals surface area (Å²) in [6.45, 7) is 9.40. The molecule has 1 fully saturated rings. The van der Waals surface area contributed by atoms with Gasteiger partial charge in [-0.05, 0) is 22.9 Å². The predicted molar refractivity (Wildman–Crippen MR) is 73.1 cm³/mol. The van der Waals surface area contributed by atoms with Gasteiger partial charge >= 0.3 is 0 Å². The minimum Gasteiger partial charge on any atom is -0.0920 e. The van der Waals surface area contributed by atoms with Crippen LogP contribution in [0.4, 0.5) is 0 Å². The van der Waals surface area contributed by atoms with Gasteiger partial charge in [0.15, 0.2) is 0 Å². The molecular weight excluding hydrogens is 219 g/mol. The Bertz CT molecular complexity index is 417. The average Bonchev–Trinajstić information content (AvgIpc) is 2.18. The lowest BCUT2D eigenvalue weighted by Crippen LogP contribution is -2.55. The number of benzene rings is 1. The lowest BCUT2D eigenvalue weighted by atomic mass is 9.81. The topological polar surface area (TPSA) is 0 Å². The van der Waals surface area contributed by atoms with Gasteiger partial charge in [0.1, 0.15) is 0 Å². The second-order valence-corrected chi connectivity index (χ2v) is 11.0. The van der Waals surface area contributed by atoms with Crippen LogP contribution in [0.25, 0.3) is 0 Å². The fraction of sp³-hybridized carbons (Fsp3) is 0.538. The minimum absolute atomic E-state index is 0.302. The SMILES string of the molecule is CC1(C)CP(=S)(c2ccccc2)C1(C)C. The molecule has 0 aromatic heterocycles. The zero-order valence-electron chi connectivity index (χ0n) is 9.95. The summed E-state index contributed by atoms with van der Waals surface area (Å²) >= 11 is 5.99. The first-order valence-electron chi connectivity index (χ1n) is 5.46. The van der Waals surface area contributed by atoms with E-state index in [9.17, 15) is 0 Å². The molecule has 1 saturated heterocycles. The third-order valence-electron chi connectivity index (χ3n) is 4.35. The number of hydrogen-bond donors (Lipinski definition) is 0. The summed E-state index contributed by atoms with van der Waals surface area (Å²) in [5.41, 5.74) is 0.401. The largest absolute Gasteiger partial charge is 0.0920 e. The lowest BCUT2D eigenvalue weighted by Gasteiger charge is -2.61. The summed E-state index contributed by atoms with van der Waals surface area (Å²) in [6, 6.07) is 9.41. The summed E-state index contributed by atoms with van der Waals surface area (Å²) < 4.78 is 0. The molecule has 1 aliphatic heterocycles. The monoisotopic (exact) mass is 238 g/mol. The Balaban J connectivity index is 2.46. The van der Waals surface area contributed by atoms with Crippen molar-refractivity contribution < 1.29 is 0 Å². The van der Waals surface area contributed by atoms with Crippen LogP contribution < -0.4 is 5.30 Å². The summed E-state index contributed by atoms with van der Waals surface area (Å²) in [6.07, 6.45) is 1.21. The van der Waals surface area contributed by atoms with Gasteiger partial charge in [0.25, 0.3) is 0 Å². The van der Waals surface area contributed by atoms with E-state index in [1.165, 1.54) is 11.5 Å². The van der Waals surface area contributed by atoms with Crippen molar-refractivity contribution in [1.29, 1.82) is 0 Å². The zero-order valence-corrected chi connectivity index (χ0v) is 11.7. The van der Waals surface area contributed by atoms with Gasteiger partial charge in [-0.1, -0.05) is 69.8 Å². The van der Waals surface area contributed by atoms with E-state index in [2.05, 4.69) is 58.0 Å². The van der Waals surface area contributed by atoms with Crippen molar-refractivity contribution in [3.8, 4) is 0 Å². The van der Waals surface area contributed by atoms with Crippen LogP contribution >= 0.6 is 6.04 Å². The van der Waals surface area contributed by atoms with E-state index in [0.717, 1.165) is 0 Å². The molecule has 1 unspecified atom stereocenters. The average molecular weight is 238 g/mol. The first-order valence-corrected chi connectivity index (χ1v) is 8.45. The standard InChI is InChI=1S/C13H19PS/c1-12(2)10-14(15,13(12,3)4)11-8-6-5-7-9-11/h5-9H,10H2,1-4H3. The maximum absolute atomic E-state index is 5.99. The van der Waals surface area contributed by atoms with Gasteiger partial charge in [0.2, 0.25) is 0 Å². The molecule has 0 amide bonds. The molecular formula is C13H19PS. The van der Waals surface area contributed by atoms with Crippen LogP contribution in [0.5, 0.6) is 0 Å². The van der Waals surface area contributed by atoms with Crippen molar-refractivity contribution in [2.24, 2.45) is 5.41 Å². The van der Waals surface area contributed by atoms with E-state index in [0.29, 0.717) is 10.6 Å². The van der Waals surface area contributed by atoms with E-state index >= 15 is 0 Å². The van der Waals surface area contributed by atoms with Crippen molar-refractivity contribution in [2.75, 3.05) is 6.16 Å². The predicted octanol–water partition coefficient (Wildman–Crippen LogP) is 3.61. The second kappa shape index (κ2) is 3.18. The van der Waals surface area contributed by atoms with Gasteiger partial charge in [-0.3, -0.25) is 0 Å². The molecule has 1 atom stereocenters. The number of hydrogen-bond acceptors (Lipinski definition) is 1. The molecule has 15 heavy (non-hydrogen) atoms. The molecule has 0 N–H and O–H groups in total. The van der Waals surface area contributed by atoms with Crippen LogP contribution in [0.1, 0.15) is 27.7 Å². The quantitative estimate of drug-likeness (QED) is 0.673. The molecule has 1 heterocycles. The fourth-order valence-electron chi connectivity index (χ4n) is 2.43. The highest BCUT2D eigenvalue weighted by atomic mass is 32.4. The highest BCUT2D eigenvalue weighted by Crippen LogP contribution is 2.75. The molecule has 0 bridgehead atoms. The third kappa shape index (κ3) is 1.36. The van der Waals surface area contributed by atoms with Gasteiger partial charge in [-0.15, -0.1) is 0 Å². The number of rotatable bonds is 1. The maximum Gasteiger partial charge on any atom is 0.00318 e. The molecule has 0 radical (unpaired) electrons. The summed E-state index contributed by atoms with van der Waals surface area (Å²) in [5.74, 6) is 0. The smallest absolute Gasteiger partial charge is 0.00318 e. The Labute approximate surface area is 98.1 Å². The minimum atomic E-state index is -1.34. The van der Waals surface area contributed by atoms with E-state index < -0.39 is 6.04 Å². The first-order chi connectivity index (χ1) is 6.81. The Hall–Kier alpha value is -0.130. The third-order valence-corrected chi connectivity index (χ3v) is 11.5. The maximum atomic E-state index is 5.99. The second-order valence-electron chi connectivity index (χ2n) is 5.68.